The maximum Gasteiger partial charge on any atom is 0.258 e. The van der Waals surface area contributed by atoms with E-state index in [2.05, 4.69) is 45.8 Å². The Labute approximate surface area is 119 Å². The molecule has 0 unspecified atom stereocenters. The Balaban J connectivity index is 1.82. The average Bonchev–Trinajstić information content (AvgIpc) is 3.16. The van der Waals surface area contributed by atoms with Crippen LogP contribution in [0.15, 0.2) is 19.0 Å². The second-order valence-electron chi connectivity index (χ2n) is 4.06. The van der Waals surface area contributed by atoms with Gasteiger partial charge in [0.15, 0.2) is 5.82 Å². The van der Waals surface area contributed by atoms with E-state index in [9.17, 15) is 0 Å². The van der Waals surface area contributed by atoms with Gasteiger partial charge in [0, 0.05) is 14.1 Å². The highest BCUT2D eigenvalue weighted by Crippen LogP contribution is 2.08. The van der Waals surface area contributed by atoms with Gasteiger partial charge < -0.3 is 10.6 Å². The first-order chi connectivity index (χ1) is 10.2. The van der Waals surface area contributed by atoms with Crippen LogP contribution >= 0.6 is 0 Å². The summed E-state index contributed by atoms with van der Waals surface area (Å²) in [7, 11) is 3.53. The van der Waals surface area contributed by atoms with Crippen LogP contribution in [0.2, 0.25) is 0 Å². The summed E-state index contributed by atoms with van der Waals surface area (Å²) in [6.07, 6.45) is 4.55. The number of aryl methyl sites for hydroxylation is 1. The van der Waals surface area contributed by atoms with Gasteiger partial charge in [0.25, 0.3) is 5.95 Å². The highest BCUT2D eigenvalue weighted by Gasteiger charge is 2.08. The van der Waals surface area contributed by atoms with Crippen LogP contribution in [0.25, 0.3) is 5.95 Å². The molecule has 0 spiro atoms. The molecular formula is C10H13N11. The third-order valence-corrected chi connectivity index (χ3v) is 2.52. The van der Waals surface area contributed by atoms with Gasteiger partial charge >= 0.3 is 0 Å². The van der Waals surface area contributed by atoms with Crippen LogP contribution in [0.3, 0.4) is 0 Å². The summed E-state index contributed by atoms with van der Waals surface area (Å²) < 4.78 is 3.08. The molecule has 0 aliphatic carbocycles. The number of nitrogens with one attached hydrogen (secondary N) is 2. The van der Waals surface area contributed by atoms with Crippen LogP contribution in [-0.2, 0) is 13.6 Å². The fourth-order valence-electron chi connectivity index (χ4n) is 1.59. The Morgan fingerprint density at radius 2 is 2.00 bits per heavy atom. The van der Waals surface area contributed by atoms with Crippen molar-refractivity contribution in [2.45, 2.75) is 6.54 Å². The molecule has 0 atom stereocenters. The lowest BCUT2D eigenvalue weighted by atomic mass is 10.6. The number of aromatic nitrogens is 9. The summed E-state index contributed by atoms with van der Waals surface area (Å²) >= 11 is 0. The van der Waals surface area contributed by atoms with E-state index in [0.717, 1.165) is 0 Å². The quantitative estimate of drug-likeness (QED) is 0.622. The molecule has 3 aromatic heterocycles. The minimum absolute atomic E-state index is 0.364. The van der Waals surface area contributed by atoms with Crippen molar-refractivity contribution in [3.05, 3.63) is 24.8 Å². The summed E-state index contributed by atoms with van der Waals surface area (Å²) in [6, 6.07) is 0. The molecule has 0 saturated carbocycles. The molecule has 0 radical (unpaired) electrons. The number of hydrogen-bond acceptors (Lipinski definition) is 9. The monoisotopic (exact) mass is 287 g/mol. The van der Waals surface area contributed by atoms with Gasteiger partial charge in [0.2, 0.25) is 11.9 Å². The Bertz CT molecular complexity index is 716. The smallest absolute Gasteiger partial charge is 0.258 e. The van der Waals surface area contributed by atoms with Gasteiger partial charge in [-0.15, -0.1) is 0 Å². The molecule has 21 heavy (non-hydrogen) atoms. The third kappa shape index (κ3) is 2.91. The number of anilines is 2. The van der Waals surface area contributed by atoms with Gasteiger partial charge in [-0.25, -0.2) is 9.97 Å². The molecule has 0 amide bonds. The molecule has 11 nitrogen and oxygen atoms in total. The second-order valence-corrected chi connectivity index (χ2v) is 4.06. The molecule has 0 aromatic carbocycles. The number of rotatable bonds is 5. The second kappa shape index (κ2) is 5.48. The zero-order chi connectivity index (χ0) is 14.7. The van der Waals surface area contributed by atoms with Crippen molar-refractivity contribution in [1.82, 2.24) is 44.5 Å². The lowest BCUT2D eigenvalue weighted by Crippen LogP contribution is -2.12. The van der Waals surface area contributed by atoms with Gasteiger partial charge in [-0.05, 0) is 0 Å². The topological polar surface area (TPSA) is 124 Å². The highest BCUT2D eigenvalue weighted by atomic mass is 15.4. The van der Waals surface area contributed by atoms with Crippen molar-refractivity contribution in [3.63, 3.8) is 0 Å². The van der Waals surface area contributed by atoms with E-state index >= 15 is 0 Å². The Morgan fingerprint density at radius 1 is 1.14 bits per heavy atom. The first kappa shape index (κ1) is 12.9. The molecule has 0 saturated heterocycles. The first-order valence-corrected chi connectivity index (χ1v) is 6.12. The van der Waals surface area contributed by atoms with Crippen LogP contribution in [0.1, 0.15) is 5.82 Å². The predicted octanol–water partition coefficient (Wildman–Crippen LogP) is -0.765. The molecule has 0 aliphatic heterocycles. The minimum atomic E-state index is 0.364. The SMILES string of the molecule is CNc1nc(NCc2ncn(C)n2)nc(-n2cncn2)n1. The standard InChI is InChI=1S/C10H13N11/c1-11-8-16-9(13-3-7-14-6-20(2)19-7)18-10(17-8)21-5-12-4-15-21/h4-6H,3H2,1-2H3,(H2,11,13,16,17,18). The van der Waals surface area contributed by atoms with Gasteiger partial charge in [0.1, 0.15) is 19.0 Å². The van der Waals surface area contributed by atoms with Crippen molar-refractivity contribution in [2.75, 3.05) is 17.7 Å². The highest BCUT2D eigenvalue weighted by molar-refractivity contribution is 5.37. The van der Waals surface area contributed by atoms with E-state index in [4.69, 9.17) is 0 Å². The summed E-state index contributed by atoms with van der Waals surface area (Å²) in [5.74, 6) is 1.83. The summed E-state index contributed by atoms with van der Waals surface area (Å²) in [5, 5.41) is 14.1. The fraction of sp³-hybridized carbons (Fsp3) is 0.300. The lowest BCUT2D eigenvalue weighted by molar-refractivity contribution is 0.745. The van der Waals surface area contributed by atoms with E-state index in [0.29, 0.717) is 30.2 Å². The number of hydrogen-bond donors (Lipinski definition) is 2. The molecular weight excluding hydrogens is 274 g/mol. The summed E-state index contributed by atoms with van der Waals surface area (Å²) in [5.41, 5.74) is 0. The maximum atomic E-state index is 4.27. The Kier molecular flexibility index (Phi) is 3.37. The van der Waals surface area contributed by atoms with Crippen molar-refractivity contribution < 1.29 is 0 Å². The maximum absolute atomic E-state index is 4.27. The zero-order valence-electron chi connectivity index (χ0n) is 11.5. The molecule has 2 N–H and O–H groups in total. The molecule has 0 bridgehead atoms. The van der Waals surface area contributed by atoms with Crippen molar-refractivity contribution in [3.8, 4) is 5.95 Å². The Hall–Kier alpha value is -3.11. The first-order valence-electron chi connectivity index (χ1n) is 6.12. The molecule has 11 heteroatoms. The van der Waals surface area contributed by atoms with Gasteiger partial charge in [-0.3, -0.25) is 4.68 Å². The van der Waals surface area contributed by atoms with E-state index in [1.165, 1.54) is 17.3 Å². The van der Waals surface area contributed by atoms with Gasteiger partial charge in [0.05, 0.1) is 6.54 Å². The average molecular weight is 287 g/mol. The summed E-state index contributed by atoms with van der Waals surface area (Å²) in [6.45, 7) is 0.408. The van der Waals surface area contributed by atoms with Crippen molar-refractivity contribution in [2.24, 2.45) is 7.05 Å². The fourth-order valence-corrected chi connectivity index (χ4v) is 1.59. The van der Waals surface area contributed by atoms with Crippen LogP contribution in [0.5, 0.6) is 0 Å². The largest absolute Gasteiger partial charge is 0.357 e. The molecule has 3 heterocycles. The van der Waals surface area contributed by atoms with Crippen LogP contribution in [-0.4, -0.2) is 51.5 Å². The van der Waals surface area contributed by atoms with Gasteiger partial charge in [-0.2, -0.15) is 29.8 Å². The molecule has 0 fully saturated rings. The van der Waals surface area contributed by atoms with Crippen LogP contribution in [0, 0.1) is 0 Å². The van der Waals surface area contributed by atoms with Crippen LogP contribution < -0.4 is 10.6 Å². The van der Waals surface area contributed by atoms with Gasteiger partial charge in [-0.1, -0.05) is 0 Å². The van der Waals surface area contributed by atoms with E-state index < -0.39 is 0 Å². The predicted molar refractivity (Wildman–Crippen MR) is 72.6 cm³/mol. The molecule has 108 valence electrons. The third-order valence-electron chi connectivity index (χ3n) is 2.52. The van der Waals surface area contributed by atoms with Crippen molar-refractivity contribution >= 4 is 11.9 Å². The molecule has 3 rings (SSSR count). The minimum Gasteiger partial charge on any atom is -0.357 e. The summed E-state index contributed by atoms with van der Waals surface area (Å²) in [4.78, 5) is 20.7. The molecule has 3 aromatic rings. The van der Waals surface area contributed by atoms with E-state index in [1.54, 1.807) is 25.1 Å². The van der Waals surface area contributed by atoms with E-state index in [-0.39, 0.29) is 0 Å². The lowest BCUT2D eigenvalue weighted by Gasteiger charge is -2.07. The van der Waals surface area contributed by atoms with Crippen LogP contribution in [0.4, 0.5) is 11.9 Å². The Morgan fingerprint density at radius 3 is 2.67 bits per heavy atom. The van der Waals surface area contributed by atoms with Crippen molar-refractivity contribution in [1.29, 1.82) is 0 Å². The number of nitrogens with zero attached hydrogens (tertiary/aromatic N) is 9. The zero-order valence-corrected chi connectivity index (χ0v) is 11.5. The van der Waals surface area contributed by atoms with E-state index in [1.807, 2.05) is 0 Å². The molecule has 0 aliphatic rings. The normalized spacial score (nSPS) is 10.6.